The normalized spacial score (nSPS) is 21.8. The highest BCUT2D eigenvalue weighted by Crippen LogP contribution is 2.36. The molecule has 1 aromatic rings. The van der Waals surface area contributed by atoms with E-state index in [9.17, 15) is 0 Å². The summed E-state index contributed by atoms with van der Waals surface area (Å²) in [6.45, 7) is 8.69. The number of aliphatic imine (C=N–C) groups is 2. The molecule has 0 radical (unpaired) electrons. The molecular formula is C21H29N5O2. The Morgan fingerprint density at radius 1 is 1.14 bits per heavy atom. The smallest absolute Gasteiger partial charge is 0.128 e. The average Bonchev–Trinajstić information content (AvgIpc) is 2.71. The van der Waals surface area contributed by atoms with Crippen LogP contribution in [0.4, 0.5) is 5.69 Å². The van der Waals surface area contributed by atoms with Gasteiger partial charge in [0.05, 0.1) is 30.4 Å². The molecule has 0 bridgehead atoms. The lowest BCUT2D eigenvalue weighted by atomic mass is 9.94. The summed E-state index contributed by atoms with van der Waals surface area (Å²) in [7, 11) is 3.73. The largest absolute Gasteiger partial charge is 0.491 e. The van der Waals surface area contributed by atoms with Gasteiger partial charge in [-0.2, -0.15) is 0 Å². The molecule has 1 fully saturated rings. The van der Waals surface area contributed by atoms with E-state index in [0.717, 1.165) is 61.3 Å². The SMILES string of the molecule is CCN1CCN(C2=CC(C3=Nc4ccc(OCCOC)cc43)N(C)C=N2)CC1. The van der Waals surface area contributed by atoms with Crippen LogP contribution >= 0.6 is 0 Å². The van der Waals surface area contributed by atoms with Crippen LogP contribution in [-0.4, -0.2) is 92.9 Å². The number of hydrogen-bond acceptors (Lipinski definition) is 7. The van der Waals surface area contributed by atoms with Gasteiger partial charge in [-0.05, 0) is 30.8 Å². The number of benzene rings is 1. The number of likely N-dealkylation sites (N-methyl/N-ethyl adjacent to an activating group) is 2. The maximum absolute atomic E-state index is 5.77. The van der Waals surface area contributed by atoms with E-state index in [1.807, 2.05) is 18.5 Å². The standard InChI is InChI=1S/C21H29N5O2/c1-4-25-7-9-26(10-8-25)20-14-19(24(2)15-22-20)21-17-13-16(28-12-11-27-3)5-6-18(17)23-21/h5-6,13-15,19H,4,7-12H2,1-3H3. The van der Waals surface area contributed by atoms with E-state index in [0.29, 0.717) is 13.2 Å². The fourth-order valence-electron chi connectivity index (χ4n) is 3.79. The molecular weight excluding hydrogens is 354 g/mol. The monoisotopic (exact) mass is 383 g/mol. The molecule has 4 rings (SSSR count). The number of nitrogens with zero attached hydrogens (tertiary/aromatic N) is 5. The molecule has 28 heavy (non-hydrogen) atoms. The first-order valence-corrected chi connectivity index (χ1v) is 9.99. The van der Waals surface area contributed by atoms with Gasteiger partial charge in [-0.25, -0.2) is 9.98 Å². The quantitative estimate of drug-likeness (QED) is 0.674. The zero-order chi connectivity index (χ0) is 19.5. The van der Waals surface area contributed by atoms with Crippen LogP contribution in [0.3, 0.4) is 0 Å². The van der Waals surface area contributed by atoms with Crippen molar-refractivity contribution < 1.29 is 9.47 Å². The first-order chi connectivity index (χ1) is 13.7. The number of piperazine rings is 1. The number of hydrogen-bond donors (Lipinski definition) is 0. The van der Waals surface area contributed by atoms with Crippen LogP contribution in [0.1, 0.15) is 12.5 Å². The van der Waals surface area contributed by atoms with E-state index < -0.39 is 0 Å². The molecule has 0 aromatic heterocycles. The highest BCUT2D eigenvalue weighted by molar-refractivity contribution is 6.17. The van der Waals surface area contributed by atoms with Gasteiger partial charge in [0.1, 0.15) is 18.2 Å². The summed E-state index contributed by atoms with van der Waals surface area (Å²) in [6, 6.07) is 6.17. The van der Waals surface area contributed by atoms with Gasteiger partial charge >= 0.3 is 0 Å². The first kappa shape index (κ1) is 19.0. The molecule has 0 saturated carbocycles. The van der Waals surface area contributed by atoms with Crippen LogP contribution < -0.4 is 4.74 Å². The molecule has 3 heterocycles. The van der Waals surface area contributed by atoms with Crippen molar-refractivity contribution in [2.24, 2.45) is 9.98 Å². The number of ether oxygens (including phenoxy) is 2. The fourth-order valence-corrected chi connectivity index (χ4v) is 3.79. The van der Waals surface area contributed by atoms with Crippen molar-refractivity contribution in [3.63, 3.8) is 0 Å². The fraction of sp³-hybridized carbons (Fsp3) is 0.524. The molecule has 3 aliphatic rings. The lowest BCUT2D eigenvalue weighted by Gasteiger charge is -2.38. The lowest BCUT2D eigenvalue weighted by molar-refractivity contribution is 0.146. The Kier molecular flexibility index (Phi) is 5.64. The van der Waals surface area contributed by atoms with Crippen molar-refractivity contribution >= 4 is 17.7 Å². The van der Waals surface area contributed by atoms with E-state index in [1.54, 1.807) is 7.11 Å². The van der Waals surface area contributed by atoms with Gasteiger partial charge in [-0.15, -0.1) is 0 Å². The second kappa shape index (κ2) is 8.32. The minimum absolute atomic E-state index is 0.0958. The molecule has 0 aliphatic carbocycles. The molecule has 0 amide bonds. The Balaban J connectivity index is 1.47. The van der Waals surface area contributed by atoms with E-state index in [-0.39, 0.29) is 6.04 Å². The Bertz CT molecular complexity index is 796. The maximum Gasteiger partial charge on any atom is 0.128 e. The van der Waals surface area contributed by atoms with E-state index in [2.05, 4.69) is 45.8 Å². The van der Waals surface area contributed by atoms with Crippen LogP contribution in [0.25, 0.3) is 0 Å². The predicted molar refractivity (Wildman–Crippen MR) is 112 cm³/mol. The van der Waals surface area contributed by atoms with Crippen LogP contribution in [-0.2, 0) is 4.74 Å². The summed E-state index contributed by atoms with van der Waals surface area (Å²) in [5.74, 6) is 1.91. The molecule has 1 saturated heterocycles. The third-order valence-corrected chi connectivity index (χ3v) is 5.58. The van der Waals surface area contributed by atoms with Crippen LogP contribution in [0.5, 0.6) is 5.75 Å². The summed E-state index contributed by atoms with van der Waals surface area (Å²) in [4.78, 5) is 16.4. The average molecular weight is 383 g/mol. The number of fused-ring (bicyclic) bond motifs is 1. The minimum Gasteiger partial charge on any atom is -0.491 e. The highest BCUT2D eigenvalue weighted by Gasteiger charge is 2.31. The summed E-state index contributed by atoms with van der Waals surface area (Å²) >= 11 is 0. The zero-order valence-electron chi connectivity index (χ0n) is 17.0. The topological polar surface area (TPSA) is 52.9 Å². The van der Waals surface area contributed by atoms with E-state index in [1.165, 1.54) is 0 Å². The Morgan fingerprint density at radius 2 is 1.96 bits per heavy atom. The summed E-state index contributed by atoms with van der Waals surface area (Å²) in [5.41, 5.74) is 3.26. The van der Waals surface area contributed by atoms with Crippen molar-refractivity contribution in [3.05, 3.63) is 35.7 Å². The van der Waals surface area contributed by atoms with Gasteiger partial charge in [0.2, 0.25) is 0 Å². The zero-order valence-corrected chi connectivity index (χ0v) is 17.0. The van der Waals surface area contributed by atoms with Crippen molar-refractivity contribution in [2.45, 2.75) is 13.0 Å². The molecule has 7 nitrogen and oxygen atoms in total. The van der Waals surface area contributed by atoms with Crippen molar-refractivity contribution in [1.82, 2.24) is 14.7 Å². The molecule has 1 unspecified atom stereocenters. The first-order valence-electron chi connectivity index (χ1n) is 9.99. The van der Waals surface area contributed by atoms with Crippen LogP contribution in [0.2, 0.25) is 0 Å². The molecule has 0 N–H and O–H groups in total. The molecule has 1 aromatic carbocycles. The number of rotatable bonds is 7. The second-order valence-corrected chi connectivity index (χ2v) is 7.32. The van der Waals surface area contributed by atoms with Crippen LogP contribution in [0.15, 0.2) is 40.1 Å². The van der Waals surface area contributed by atoms with Gasteiger partial charge in [0.25, 0.3) is 0 Å². The molecule has 150 valence electrons. The van der Waals surface area contributed by atoms with Gasteiger partial charge < -0.3 is 24.2 Å². The predicted octanol–water partition coefficient (Wildman–Crippen LogP) is 1.97. The third-order valence-electron chi connectivity index (χ3n) is 5.58. The molecule has 1 atom stereocenters. The summed E-state index contributed by atoms with van der Waals surface area (Å²) < 4.78 is 10.8. The maximum atomic E-state index is 5.77. The van der Waals surface area contributed by atoms with Crippen LogP contribution in [0, 0.1) is 0 Å². The van der Waals surface area contributed by atoms with Crippen molar-refractivity contribution in [3.8, 4) is 5.75 Å². The third kappa shape index (κ3) is 3.77. The summed E-state index contributed by atoms with van der Waals surface area (Å²) in [5, 5.41) is 0. The Morgan fingerprint density at radius 3 is 2.71 bits per heavy atom. The van der Waals surface area contributed by atoms with E-state index >= 15 is 0 Å². The molecule has 3 aliphatic heterocycles. The van der Waals surface area contributed by atoms with Gasteiger partial charge in [-0.1, -0.05) is 6.92 Å². The van der Waals surface area contributed by atoms with Gasteiger partial charge in [-0.3, -0.25) is 0 Å². The Hall–Kier alpha value is -2.38. The van der Waals surface area contributed by atoms with Crippen molar-refractivity contribution in [1.29, 1.82) is 0 Å². The molecule has 0 spiro atoms. The van der Waals surface area contributed by atoms with Gasteiger partial charge in [0, 0.05) is 45.9 Å². The number of methoxy groups -OCH3 is 1. The summed E-state index contributed by atoms with van der Waals surface area (Å²) in [6.07, 6.45) is 4.16. The lowest BCUT2D eigenvalue weighted by Crippen LogP contribution is -2.47. The Labute approximate surface area is 166 Å². The highest BCUT2D eigenvalue weighted by atomic mass is 16.5. The minimum atomic E-state index is 0.0958. The second-order valence-electron chi connectivity index (χ2n) is 7.32. The van der Waals surface area contributed by atoms with Crippen molar-refractivity contribution in [2.75, 3.05) is 60.1 Å². The van der Waals surface area contributed by atoms with E-state index in [4.69, 9.17) is 14.5 Å². The molecule has 7 heteroatoms. The van der Waals surface area contributed by atoms with Gasteiger partial charge in [0.15, 0.2) is 0 Å².